The number of hydrogen-bond donors (Lipinski definition) is 1. The predicted octanol–water partition coefficient (Wildman–Crippen LogP) is 1.66. The molecule has 10 heavy (non-hydrogen) atoms. The molecule has 3 heteroatoms. The van der Waals surface area contributed by atoms with Crippen molar-refractivity contribution in [2.45, 2.75) is 39.0 Å². The van der Waals surface area contributed by atoms with Gasteiger partial charge in [-0.1, -0.05) is 26.2 Å². The summed E-state index contributed by atoms with van der Waals surface area (Å²) in [7, 11) is 0. The Morgan fingerprint density at radius 2 is 1.90 bits per heavy atom. The summed E-state index contributed by atoms with van der Waals surface area (Å²) in [6.45, 7) is 2.11. The Balaban J connectivity index is 0. The third-order valence-electron chi connectivity index (χ3n) is 1.24. The second kappa shape index (κ2) is 10.0. The molecular formula is C7H14BaO2. The smallest absolute Gasteiger partial charge is 0.303 e. The zero-order chi connectivity index (χ0) is 7.11. The standard InChI is InChI=1S/C7H14O2.Ba/c1-2-3-4-5-6-7(8)9;/h2-6H2,1H3,(H,8,9);. The molecule has 1 N–H and O–H groups in total. The third-order valence-corrected chi connectivity index (χ3v) is 1.24. The van der Waals surface area contributed by atoms with Gasteiger partial charge in [0.05, 0.1) is 0 Å². The average molecular weight is 268 g/mol. The van der Waals surface area contributed by atoms with Crippen LogP contribution in [0.3, 0.4) is 0 Å². The molecule has 0 aliphatic carbocycles. The van der Waals surface area contributed by atoms with Gasteiger partial charge in [0.2, 0.25) is 0 Å². The molecule has 0 aliphatic heterocycles. The number of carboxylic acid groups (broad SMARTS) is 1. The van der Waals surface area contributed by atoms with Gasteiger partial charge >= 0.3 is 5.97 Å². The van der Waals surface area contributed by atoms with E-state index in [1.807, 2.05) is 0 Å². The minimum absolute atomic E-state index is 0. The van der Waals surface area contributed by atoms with Gasteiger partial charge < -0.3 is 5.11 Å². The Bertz CT molecular complexity index is 83.7. The van der Waals surface area contributed by atoms with Gasteiger partial charge in [-0.15, -0.1) is 0 Å². The quantitative estimate of drug-likeness (QED) is 0.608. The van der Waals surface area contributed by atoms with Crippen LogP contribution in [0.2, 0.25) is 0 Å². The van der Waals surface area contributed by atoms with E-state index >= 15 is 0 Å². The van der Waals surface area contributed by atoms with Crippen LogP contribution < -0.4 is 0 Å². The summed E-state index contributed by atoms with van der Waals surface area (Å²) in [6, 6.07) is 0. The number of carbonyl (C=O) groups is 1. The van der Waals surface area contributed by atoms with Crippen molar-refractivity contribution in [3.05, 3.63) is 0 Å². The van der Waals surface area contributed by atoms with Crippen molar-refractivity contribution in [2.24, 2.45) is 0 Å². The minimum Gasteiger partial charge on any atom is -0.481 e. The maximum atomic E-state index is 9.96. The summed E-state index contributed by atoms with van der Waals surface area (Å²) in [5.41, 5.74) is 0. The van der Waals surface area contributed by atoms with Crippen LogP contribution in [0.4, 0.5) is 0 Å². The molecule has 0 spiro atoms. The number of carboxylic acids is 1. The molecule has 0 aromatic heterocycles. The molecule has 0 heterocycles. The zero-order valence-corrected chi connectivity index (χ0v) is 11.0. The maximum absolute atomic E-state index is 9.96. The molecular weight excluding hydrogens is 253 g/mol. The molecule has 0 rings (SSSR count). The summed E-state index contributed by atoms with van der Waals surface area (Å²) >= 11 is 0. The van der Waals surface area contributed by atoms with Crippen molar-refractivity contribution in [2.75, 3.05) is 0 Å². The monoisotopic (exact) mass is 268 g/mol. The topological polar surface area (TPSA) is 37.3 Å². The van der Waals surface area contributed by atoms with Gasteiger partial charge in [-0.2, -0.15) is 0 Å². The Kier molecular flexibility index (Phi) is 13.7. The average Bonchev–Trinajstić information content (AvgIpc) is 1.80. The molecule has 0 aromatic carbocycles. The number of rotatable bonds is 5. The van der Waals surface area contributed by atoms with E-state index in [4.69, 9.17) is 5.11 Å². The number of aliphatic carboxylic acids is 1. The Labute approximate surface area is 102 Å². The number of hydrogen-bond acceptors (Lipinski definition) is 1. The van der Waals surface area contributed by atoms with Crippen LogP contribution >= 0.6 is 0 Å². The fourth-order valence-electron chi connectivity index (χ4n) is 0.703. The maximum Gasteiger partial charge on any atom is 0.303 e. The molecule has 0 aromatic rings. The summed E-state index contributed by atoms with van der Waals surface area (Å²) < 4.78 is 0. The van der Waals surface area contributed by atoms with Crippen molar-refractivity contribution >= 4 is 54.9 Å². The fourth-order valence-corrected chi connectivity index (χ4v) is 0.703. The van der Waals surface area contributed by atoms with Crippen LogP contribution in [-0.4, -0.2) is 60.0 Å². The molecule has 0 saturated carbocycles. The Morgan fingerprint density at radius 3 is 2.30 bits per heavy atom. The van der Waals surface area contributed by atoms with E-state index in [9.17, 15) is 4.79 Å². The summed E-state index contributed by atoms with van der Waals surface area (Å²) in [6.07, 6.45) is 4.55. The van der Waals surface area contributed by atoms with E-state index in [-0.39, 0.29) is 48.9 Å². The predicted molar refractivity (Wildman–Crippen MR) is 42.1 cm³/mol. The van der Waals surface area contributed by atoms with Gasteiger partial charge in [0, 0.05) is 55.3 Å². The normalized spacial score (nSPS) is 8.50. The summed E-state index contributed by atoms with van der Waals surface area (Å²) in [5, 5.41) is 8.21. The molecule has 0 unspecified atom stereocenters. The molecule has 2 radical (unpaired) electrons. The molecule has 56 valence electrons. The van der Waals surface area contributed by atoms with Crippen molar-refractivity contribution < 1.29 is 9.90 Å². The van der Waals surface area contributed by atoms with Crippen LogP contribution in [0.5, 0.6) is 0 Å². The molecule has 0 saturated heterocycles. The molecule has 0 atom stereocenters. The zero-order valence-electron chi connectivity index (χ0n) is 6.60. The van der Waals surface area contributed by atoms with Crippen molar-refractivity contribution in [3.8, 4) is 0 Å². The van der Waals surface area contributed by atoms with Gasteiger partial charge in [-0.05, 0) is 6.42 Å². The van der Waals surface area contributed by atoms with Gasteiger partial charge in [-0.25, -0.2) is 0 Å². The van der Waals surface area contributed by atoms with Gasteiger partial charge in [0.1, 0.15) is 0 Å². The molecule has 2 nitrogen and oxygen atoms in total. The second-order valence-electron chi connectivity index (χ2n) is 2.20. The first kappa shape index (κ1) is 13.6. The van der Waals surface area contributed by atoms with Gasteiger partial charge in [-0.3, -0.25) is 4.79 Å². The van der Waals surface area contributed by atoms with E-state index in [2.05, 4.69) is 6.92 Å². The van der Waals surface area contributed by atoms with Crippen LogP contribution in [0.15, 0.2) is 0 Å². The number of unbranched alkanes of at least 4 members (excludes halogenated alkanes) is 3. The largest absolute Gasteiger partial charge is 0.481 e. The van der Waals surface area contributed by atoms with Crippen molar-refractivity contribution in [1.82, 2.24) is 0 Å². The molecule has 0 amide bonds. The molecule has 0 bridgehead atoms. The minimum atomic E-state index is -0.675. The van der Waals surface area contributed by atoms with E-state index in [1.54, 1.807) is 0 Å². The fraction of sp³-hybridized carbons (Fsp3) is 0.857. The van der Waals surface area contributed by atoms with E-state index in [1.165, 1.54) is 6.42 Å². The van der Waals surface area contributed by atoms with Crippen molar-refractivity contribution in [3.63, 3.8) is 0 Å². The Morgan fingerprint density at radius 1 is 1.30 bits per heavy atom. The van der Waals surface area contributed by atoms with E-state index in [0.29, 0.717) is 6.42 Å². The Hall–Kier alpha value is 1.04. The van der Waals surface area contributed by atoms with Crippen LogP contribution in [0.1, 0.15) is 39.0 Å². The second-order valence-corrected chi connectivity index (χ2v) is 2.20. The first-order valence-electron chi connectivity index (χ1n) is 3.49. The summed E-state index contributed by atoms with van der Waals surface area (Å²) in [5.74, 6) is -0.675. The van der Waals surface area contributed by atoms with Gasteiger partial charge in [0.25, 0.3) is 0 Å². The van der Waals surface area contributed by atoms with E-state index in [0.717, 1.165) is 19.3 Å². The molecule has 0 fully saturated rings. The van der Waals surface area contributed by atoms with E-state index < -0.39 is 5.97 Å². The first-order chi connectivity index (χ1) is 4.27. The SMILES string of the molecule is CCCCCCC(=O)O.[Ba]. The van der Waals surface area contributed by atoms with Crippen molar-refractivity contribution in [1.29, 1.82) is 0 Å². The first-order valence-corrected chi connectivity index (χ1v) is 3.49. The van der Waals surface area contributed by atoms with Crippen LogP contribution in [0, 0.1) is 0 Å². The molecule has 0 aliphatic rings. The summed E-state index contributed by atoms with van der Waals surface area (Å²) in [4.78, 5) is 9.96. The van der Waals surface area contributed by atoms with Gasteiger partial charge in [0.15, 0.2) is 0 Å². The van der Waals surface area contributed by atoms with Crippen LogP contribution in [0.25, 0.3) is 0 Å². The van der Waals surface area contributed by atoms with Crippen LogP contribution in [-0.2, 0) is 4.79 Å². The third kappa shape index (κ3) is 11.8.